The number of aromatic nitrogens is 2. The fourth-order valence-corrected chi connectivity index (χ4v) is 3.51. The summed E-state index contributed by atoms with van der Waals surface area (Å²) < 4.78 is 4.35. The zero-order valence-electron chi connectivity index (χ0n) is 12.6. The summed E-state index contributed by atoms with van der Waals surface area (Å²) in [6, 6.07) is 6.96. The van der Waals surface area contributed by atoms with Crippen LogP contribution in [0.1, 0.15) is 23.3 Å². The molecular formula is C17H19N4S+. The molecule has 0 saturated heterocycles. The number of amidine groups is 1. The van der Waals surface area contributed by atoms with Gasteiger partial charge < -0.3 is 10.3 Å². The van der Waals surface area contributed by atoms with Gasteiger partial charge in [-0.1, -0.05) is 0 Å². The third kappa shape index (κ3) is 2.64. The van der Waals surface area contributed by atoms with Crippen LogP contribution in [0.5, 0.6) is 0 Å². The Balaban J connectivity index is 1.58. The number of thiophene rings is 1. The van der Waals surface area contributed by atoms with E-state index in [1.807, 2.05) is 7.05 Å². The van der Waals surface area contributed by atoms with E-state index in [2.05, 4.69) is 56.3 Å². The SMILES string of the molecule is C[n+]1ccc2c(ccn2Cc2cc(C(N)=NC3CC3)cs2)c1. The van der Waals surface area contributed by atoms with Gasteiger partial charge in [-0.15, -0.1) is 11.3 Å². The Morgan fingerprint density at radius 2 is 2.32 bits per heavy atom. The second kappa shape index (κ2) is 5.25. The minimum absolute atomic E-state index is 0.470. The van der Waals surface area contributed by atoms with Crippen molar-refractivity contribution in [1.29, 1.82) is 0 Å². The number of pyridine rings is 1. The zero-order chi connectivity index (χ0) is 15.1. The topological polar surface area (TPSA) is 47.2 Å². The van der Waals surface area contributed by atoms with Gasteiger partial charge in [0.2, 0.25) is 0 Å². The molecule has 0 bridgehead atoms. The van der Waals surface area contributed by atoms with E-state index in [4.69, 9.17) is 5.73 Å². The van der Waals surface area contributed by atoms with E-state index < -0.39 is 0 Å². The highest BCUT2D eigenvalue weighted by Gasteiger charge is 2.21. The second-order valence-corrected chi connectivity index (χ2v) is 6.94. The largest absolute Gasteiger partial charge is 0.383 e. The maximum atomic E-state index is 6.08. The van der Waals surface area contributed by atoms with Crippen molar-refractivity contribution in [2.24, 2.45) is 17.8 Å². The number of aryl methyl sites for hydroxylation is 1. The minimum Gasteiger partial charge on any atom is -0.383 e. The molecule has 5 heteroatoms. The molecule has 0 unspecified atom stereocenters. The van der Waals surface area contributed by atoms with E-state index in [-0.39, 0.29) is 0 Å². The Hall–Kier alpha value is -2.14. The van der Waals surface area contributed by atoms with Crippen molar-refractivity contribution in [3.05, 3.63) is 52.6 Å². The number of rotatable bonds is 4. The number of nitrogens with zero attached hydrogens (tertiary/aromatic N) is 3. The fourth-order valence-electron chi connectivity index (χ4n) is 2.63. The Morgan fingerprint density at radius 1 is 1.45 bits per heavy atom. The van der Waals surface area contributed by atoms with Crippen LogP contribution in [0.3, 0.4) is 0 Å². The first-order chi connectivity index (χ1) is 10.7. The minimum atomic E-state index is 0.470. The van der Waals surface area contributed by atoms with Crippen LogP contribution in [0.15, 0.2) is 47.2 Å². The van der Waals surface area contributed by atoms with E-state index in [0.717, 1.165) is 12.1 Å². The summed E-state index contributed by atoms with van der Waals surface area (Å²) in [5.74, 6) is 0.689. The summed E-state index contributed by atoms with van der Waals surface area (Å²) in [6.07, 6.45) is 8.74. The third-order valence-electron chi connectivity index (χ3n) is 3.99. The van der Waals surface area contributed by atoms with E-state index >= 15 is 0 Å². The summed E-state index contributed by atoms with van der Waals surface area (Å²) >= 11 is 1.75. The number of hydrogen-bond acceptors (Lipinski definition) is 2. The van der Waals surface area contributed by atoms with Crippen molar-refractivity contribution < 1.29 is 4.57 Å². The van der Waals surface area contributed by atoms with Crippen LogP contribution in [0.25, 0.3) is 10.9 Å². The van der Waals surface area contributed by atoms with Gasteiger partial charge in [-0.3, -0.25) is 4.99 Å². The quantitative estimate of drug-likeness (QED) is 0.449. The first kappa shape index (κ1) is 13.5. The normalized spacial score (nSPS) is 15.6. The molecule has 0 atom stereocenters. The van der Waals surface area contributed by atoms with Crippen LogP contribution in [-0.2, 0) is 13.6 Å². The number of hydrogen-bond donors (Lipinski definition) is 1. The van der Waals surface area contributed by atoms with E-state index in [9.17, 15) is 0 Å². The van der Waals surface area contributed by atoms with Crippen LogP contribution >= 0.6 is 11.3 Å². The van der Waals surface area contributed by atoms with Crippen LogP contribution in [-0.4, -0.2) is 16.4 Å². The molecular weight excluding hydrogens is 292 g/mol. The Labute approximate surface area is 133 Å². The molecule has 0 aromatic carbocycles. The lowest BCUT2D eigenvalue weighted by molar-refractivity contribution is -0.670. The van der Waals surface area contributed by atoms with Crippen molar-refractivity contribution >= 4 is 28.1 Å². The van der Waals surface area contributed by atoms with Crippen LogP contribution < -0.4 is 10.3 Å². The van der Waals surface area contributed by atoms with Crippen molar-refractivity contribution in [3.8, 4) is 0 Å². The molecule has 0 radical (unpaired) electrons. The Kier molecular flexibility index (Phi) is 3.22. The number of nitrogens with two attached hydrogens (primary N) is 1. The third-order valence-corrected chi connectivity index (χ3v) is 4.92. The lowest BCUT2D eigenvalue weighted by atomic mass is 10.3. The molecule has 3 aromatic rings. The molecule has 1 fully saturated rings. The van der Waals surface area contributed by atoms with Gasteiger partial charge in [-0.25, -0.2) is 4.57 Å². The molecule has 22 heavy (non-hydrogen) atoms. The monoisotopic (exact) mass is 311 g/mol. The average molecular weight is 311 g/mol. The van der Waals surface area contributed by atoms with Gasteiger partial charge in [0, 0.05) is 28.1 Å². The molecule has 0 amide bonds. The average Bonchev–Trinajstić information content (AvgIpc) is 3.05. The Bertz CT molecular complexity index is 855. The summed E-state index contributed by atoms with van der Waals surface area (Å²) in [6.45, 7) is 0.874. The van der Waals surface area contributed by atoms with Gasteiger partial charge in [0.1, 0.15) is 12.9 Å². The molecule has 4 nitrogen and oxygen atoms in total. The maximum absolute atomic E-state index is 6.08. The van der Waals surface area contributed by atoms with Crippen molar-refractivity contribution in [2.45, 2.75) is 25.4 Å². The van der Waals surface area contributed by atoms with Crippen LogP contribution in [0, 0.1) is 0 Å². The molecule has 0 spiro atoms. The summed E-state index contributed by atoms with van der Waals surface area (Å²) in [5.41, 5.74) is 8.40. The number of fused-ring (bicyclic) bond motifs is 1. The smallest absolute Gasteiger partial charge is 0.177 e. The summed E-state index contributed by atoms with van der Waals surface area (Å²) in [4.78, 5) is 5.82. The summed E-state index contributed by atoms with van der Waals surface area (Å²) in [5, 5.41) is 3.37. The van der Waals surface area contributed by atoms with E-state index in [1.165, 1.54) is 28.6 Å². The molecule has 1 aliphatic carbocycles. The highest BCUT2D eigenvalue weighted by Crippen LogP contribution is 2.25. The van der Waals surface area contributed by atoms with Gasteiger partial charge >= 0.3 is 0 Å². The first-order valence-electron chi connectivity index (χ1n) is 7.54. The van der Waals surface area contributed by atoms with Gasteiger partial charge in [0.05, 0.1) is 23.5 Å². The van der Waals surface area contributed by atoms with Crippen LogP contribution in [0.4, 0.5) is 0 Å². The van der Waals surface area contributed by atoms with Gasteiger partial charge in [0.15, 0.2) is 12.4 Å². The highest BCUT2D eigenvalue weighted by molar-refractivity contribution is 7.10. The van der Waals surface area contributed by atoms with Crippen molar-refractivity contribution in [3.63, 3.8) is 0 Å². The maximum Gasteiger partial charge on any atom is 0.177 e. The van der Waals surface area contributed by atoms with Gasteiger partial charge in [0.25, 0.3) is 0 Å². The molecule has 1 aliphatic rings. The molecule has 2 N–H and O–H groups in total. The molecule has 3 aromatic heterocycles. The molecule has 1 saturated carbocycles. The predicted molar refractivity (Wildman–Crippen MR) is 90.3 cm³/mol. The predicted octanol–water partition coefficient (Wildman–Crippen LogP) is 2.44. The first-order valence-corrected chi connectivity index (χ1v) is 8.42. The Morgan fingerprint density at radius 3 is 3.14 bits per heavy atom. The molecule has 3 heterocycles. The standard InChI is InChI=1S/C17H19N4S/c1-20-6-5-16-12(9-20)4-7-21(16)10-15-8-13(11-22-15)17(18)19-14-2-3-14/h4-9,11,14H,2-3,10H2,1H3,(H2,18,19)/q+1. The number of aliphatic imine (C=N–C) groups is 1. The van der Waals surface area contributed by atoms with Crippen molar-refractivity contribution in [1.82, 2.24) is 4.57 Å². The van der Waals surface area contributed by atoms with Crippen molar-refractivity contribution in [2.75, 3.05) is 0 Å². The zero-order valence-corrected chi connectivity index (χ0v) is 13.4. The lowest BCUT2D eigenvalue weighted by Gasteiger charge is -2.02. The summed E-state index contributed by atoms with van der Waals surface area (Å²) in [7, 11) is 2.05. The van der Waals surface area contributed by atoms with E-state index in [1.54, 1.807) is 11.3 Å². The fraction of sp³-hybridized carbons (Fsp3) is 0.294. The highest BCUT2D eigenvalue weighted by atomic mass is 32.1. The van der Waals surface area contributed by atoms with Gasteiger partial charge in [-0.05, 0) is 25.0 Å². The second-order valence-electron chi connectivity index (χ2n) is 5.94. The van der Waals surface area contributed by atoms with Crippen LogP contribution in [0.2, 0.25) is 0 Å². The van der Waals surface area contributed by atoms with E-state index in [0.29, 0.717) is 11.9 Å². The molecule has 4 rings (SSSR count). The molecule has 0 aliphatic heterocycles. The van der Waals surface area contributed by atoms with Gasteiger partial charge in [-0.2, -0.15) is 0 Å². The molecule has 112 valence electrons. The lowest BCUT2D eigenvalue weighted by Crippen LogP contribution is -2.25.